The van der Waals surface area contributed by atoms with Crippen molar-refractivity contribution in [3.63, 3.8) is 0 Å². The van der Waals surface area contributed by atoms with E-state index in [0.717, 1.165) is 16.9 Å². The van der Waals surface area contributed by atoms with E-state index in [9.17, 15) is 9.59 Å². The van der Waals surface area contributed by atoms with Crippen molar-refractivity contribution in [2.75, 3.05) is 19.0 Å². The highest BCUT2D eigenvalue weighted by Crippen LogP contribution is 2.24. The zero-order valence-corrected chi connectivity index (χ0v) is 18.7. The van der Waals surface area contributed by atoms with Gasteiger partial charge in [0.05, 0.1) is 19.3 Å². The molecule has 0 atom stereocenters. The first kappa shape index (κ1) is 22.9. The smallest absolute Gasteiger partial charge is 0.337 e. The molecule has 0 unspecified atom stereocenters. The Balaban J connectivity index is 1.75. The van der Waals surface area contributed by atoms with Crippen molar-refractivity contribution >= 4 is 17.6 Å². The molecule has 6 nitrogen and oxygen atoms in total. The van der Waals surface area contributed by atoms with Crippen LogP contribution < -0.4 is 14.8 Å². The molecule has 0 fully saturated rings. The Bertz CT molecular complexity index is 1110. The lowest BCUT2D eigenvalue weighted by molar-refractivity contribution is 0.0600. The maximum atomic E-state index is 12.8. The molecule has 3 aromatic rings. The number of benzene rings is 3. The molecule has 1 amide bonds. The lowest BCUT2D eigenvalue weighted by Crippen LogP contribution is -2.13. The molecule has 32 heavy (non-hydrogen) atoms. The van der Waals surface area contributed by atoms with E-state index in [0.29, 0.717) is 29.2 Å². The Kier molecular flexibility index (Phi) is 7.49. The number of hydrogen-bond acceptors (Lipinski definition) is 5. The Morgan fingerprint density at radius 1 is 0.844 bits per heavy atom. The average Bonchev–Trinajstić information content (AvgIpc) is 2.80. The summed E-state index contributed by atoms with van der Waals surface area (Å²) in [5.74, 6) is 0.737. The van der Waals surface area contributed by atoms with Crippen LogP contribution in [-0.4, -0.2) is 25.6 Å². The summed E-state index contributed by atoms with van der Waals surface area (Å²) in [7, 11) is 1.32. The lowest BCUT2D eigenvalue weighted by atomic mass is 10.1. The number of amides is 1. The topological polar surface area (TPSA) is 73.9 Å². The second-order valence-electron chi connectivity index (χ2n) is 7.31. The predicted molar refractivity (Wildman–Crippen MR) is 124 cm³/mol. The minimum absolute atomic E-state index is 0.271. The number of methoxy groups -OCH3 is 1. The molecule has 3 aromatic carbocycles. The molecule has 0 aromatic heterocycles. The summed E-state index contributed by atoms with van der Waals surface area (Å²) in [6, 6.07) is 17.7. The van der Waals surface area contributed by atoms with Crippen molar-refractivity contribution in [1.82, 2.24) is 0 Å². The highest BCUT2D eigenvalue weighted by molar-refractivity contribution is 6.04. The van der Waals surface area contributed by atoms with Crippen LogP contribution in [0.1, 0.15) is 44.3 Å². The molecule has 3 rings (SSSR count). The second-order valence-corrected chi connectivity index (χ2v) is 7.31. The number of rotatable bonds is 8. The number of carbonyl (C=O) groups excluding carboxylic acids is 2. The summed E-state index contributed by atoms with van der Waals surface area (Å²) < 4.78 is 16.4. The van der Waals surface area contributed by atoms with E-state index >= 15 is 0 Å². The minimum atomic E-state index is -0.428. The van der Waals surface area contributed by atoms with Gasteiger partial charge in [0, 0.05) is 16.8 Å². The van der Waals surface area contributed by atoms with Crippen molar-refractivity contribution in [3.05, 3.63) is 88.5 Å². The van der Waals surface area contributed by atoms with Gasteiger partial charge in [-0.3, -0.25) is 4.79 Å². The monoisotopic (exact) mass is 433 g/mol. The molecular formula is C26H27NO5. The van der Waals surface area contributed by atoms with Crippen LogP contribution in [0.15, 0.2) is 60.7 Å². The van der Waals surface area contributed by atoms with Crippen LogP contribution in [-0.2, 0) is 11.3 Å². The van der Waals surface area contributed by atoms with Gasteiger partial charge in [0.2, 0.25) is 0 Å². The quantitative estimate of drug-likeness (QED) is 0.487. The van der Waals surface area contributed by atoms with Gasteiger partial charge < -0.3 is 19.5 Å². The van der Waals surface area contributed by atoms with Gasteiger partial charge in [-0.05, 0) is 86.5 Å². The summed E-state index contributed by atoms with van der Waals surface area (Å²) in [6.07, 6.45) is 0. The van der Waals surface area contributed by atoms with E-state index in [2.05, 4.69) is 17.0 Å². The summed E-state index contributed by atoms with van der Waals surface area (Å²) in [4.78, 5) is 24.3. The maximum absolute atomic E-state index is 12.8. The molecule has 0 aliphatic carbocycles. The fraction of sp³-hybridized carbons (Fsp3) is 0.231. The van der Waals surface area contributed by atoms with Crippen LogP contribution >= 0.6 is 0 Å². The number of aryl methyl sites for hydroxylation is 2. The molecule has 1 N–H and O–H groups in total. The minimum Gasteiger partial charge on any atom is -0.493 e. The number of ether oxygens (including phenoxy) is 3. The fourth-order valence-electron chi connectivity index (χ4n) is 3.11. The van der Waals surface area contributed by atoms with E-state index in [1.165, 1.54) is 12.7 Å². The standard InChI is InChI=1S/C26H27NO5/c1-5-31-24-13-9-20(15-21(24)16-32-23-12-6-17(2)18(3)14-23)25(28)27-22-10-7-19(8-11-22)26(29)30-4/h6-15H,5,16H2,1-4H3,(H,27,28). The molecule has 0 aliphatic rings. The highest BCUT2D eigenvalue weighted by Gasteiger charge is 2.13. The molecule has 0 radical (unpaired) electrons. The van der Waals surface area contributed by atoms with E-state index < -0.39 is 5.97 Å². The van der Waals surface area contributed by atoms with Crippen molar-refractivity contribution in [3.8, 4) is 11.5 Å². The zero-order chi connectivity index (χ0) is 23.1. The van der Waals surface area contributed by atoms with E-state index in [-0.39, 0.29) is 12.5 Å². The molecule has 0 saturated carbocycles. The zero-order valence-electron chi connectivity index (χ0n) is 18.7. The van der Waals surface area contributed by atoms with E-state index in [4.69, 9.17) is 9.47 Å². The Hall–Kier alpha value is -3.80. The van der Waals surface area contributed by atoms with Gasteiger partial charge in [0.25, 0.3) is 5.91 Å². The van der Waals surface area contributed by atoms with Crippen LogP contribution in [0.5, 0.6) is 11.5 Å². The van der Waals surface area contributed by atoms with Gasteiger partial charge in [-0.1, -0.05) is 6.07 Å². The number of hydrogen-bond donors (Lipinski definition) is 1. The van der Waals surface area contributed by atoms with Crippen molar-refractivity contribution in [2.45, 2.75) is 27.4 Å². The van der Waals surface area contributed by atoms with Gasteiger partial charge in [0.15, 0.2) is 0 Å². The fourth-order valence-corrected chi connectivity index (χ4v) is 3.11. The van der Waals surface area contributed by atoms with Crippen LogP contribution in [0.2, 0.25) is 0 Å². The van der Waals surface area contributed by atoms with Gasteiger partial charge in [-0.25, -0.2) is 4.79 Å². The van der Waals surface area contributed by atoms with Gasteiger partial charge in [0.1, 0.15) is 18.1 Å². The summed E-state index contributed by atoms with van der Waals surface area (Å²) in [5.41, 5.74) is 4.59. The third-order valence-electron chi connectivity index (χ3n) is 5.06. The molecule has 0 spiro atoms. The molecule has 0 aliphatic heterocycles. The lowest BCUT2D eigenvalue weighted by Gasteiger charge is -2.14. The summed E-state index contributed by atoms with van der Waals surface area (Å²) in [6.45, 7) is 6.78. The van der Waals surface area contributed by atoms with Crippen molar-refractivity contribution < 1.29 is 23.8 Å². The van der Waals surface area contributed by atoms with Crippen LogP contribution in [0, 0.1) is 13.8 Å². The average molecular weight is 434 g/mol. The maximum Gasteiger partial charge on any atom is 0.337 e. The Labute approximate surface area is 188 Å². The van der Waals surface area contributed by atoms with Crippen LogP contribution in [0.3, 0.4) is 0 Å². The number of anilines is 1. The molecule has 0 heterocycles. The Morgan fingerprint density at radius 3 is 2.22 bits per heavy atom. The van der Waals surface area contributed by atoms with Gasteiger partial charge in [-0.2, -0.15) is 0 Å². The normalized spacial score (nSPS) is 10.4. The van der Waals surface area contributed by atoms with Crippen LogP contribution in [0.4, 0.5) is 5.69 Å². The van der Waals surface area contributed by atoms with E-state index in [1.807, 2.05) is 32.0 Å². The molecule has 6 heteroatoms. The summed E-state index contributed by atoms with van der Waals surface area (Å²) >= 11 is 0. The molecule has 0 saturated heterocycles. The van der Waals surface area contributed by atoms with Crippen molar-refractivity contribution in [2.24, 2.45) is 0 Å². The van der Waals surface area contributed by atoms with E-state index in [1.54, 1.807) is 42.5 Å². The highest BCUT2D eigenvalue weighted by atomic mass is 16.5. The number of esters is 1. The van der Waals surface area contributed by atoms with Gasteiger partial charge >= 0.3 is 5.97 Å². The third kappa shape index (κ3) is 5.66. The third-order valence-corrected chi connectivity index (χ3v) is 5.06. The summed E-state index contributed by atoms with van der Waals surface area (Å²) in [5, 5.41) is 2.84. The first-order valence-electron chi connectivity index (χ1n) is 10.4. The molecular weight excluding hydrogens is 406 g/mol. The van der Waals surface area contributed by atoms with Crippen LogP contribution in [0.25, 0.3) is 0 Å². The predicted octanol–water partition coefficient (Wildman–Crippen LogP) is 5.32. The molecule has 0 bridgehead atoms. The van der Waals surface area contributed by atoms with Gasteiger partial charge in [-0.15, -0.1) is 0 Å². The second kappa shape index (κ2) is 10.5. The first-order chi connectivity index (χ1) is 15.4. The number of carbonyl (C=O) groups is 2. The Morgan fingerprint density at radius 2 is 1.56 bits per heavy atom. The first-order valence-corrected chi connectivity index (χ1v) is 10.4. The number of nitrogens with one attached hydrogen (secondary N) is 1. The SMILES string of the molecule is CCOc1ccc(C(=O)Nc2ccc(C(=O)OC)cc2)cc1COc1ccc(C)c(C)c1. The van der Waals surface area contributed by atoms with Crippen molar-refractivity contribution in [1.29, 1.82) is 0 Å². The molecule has 166 valence electrons. The largest absolute Gasteiger partial charge is 0.493 e.